The molecule has 10 heteroatoms. The lowest BCUT2D eigenvalue weighted by atomic mass is 9.82. The van der Waals surface area contributed by atoms with Gasteiger partial charge in [0.15, 0.2) is 0 Å². The zero-order valence-electron chi connectivity index (χ0n) is 27.5. The third kappa shape index (κ3) is 10.2. The standard InChI is InChI=1S/C19H20N2O3S.C19H25NO3/c1-2-13-3-6-15(20-12-13)9-10-24-16-7-4-14(5-8-16)11-17-18(22)21-19(23)25-17;21-18(20-12-15-8-4-5-9-16(15)13-20)11-17(19(22)23)10-14-6-2-1-3-7-14/h3-8,12,17H,2,9-11H2,1H3,(H,21,22,23);1-3,6-7,15-17H,4-5,8-13H2,(H,22,23)/t;15-,16+,17-/m.0/s1. The van der Waals surface area contributed by atoms with Crippen molar-refractivity contribution in [2.24, 2.45) is 17.8 Å². The summed E-state index contributed by atoms with van der Waals surface area (Å²) in [5.41, 5.74) is 4.23. The van der Waals surface area contributed by atoms with Gasteiger partial charge in [0.25, 0.3) is 5.24 Å². The fourth-order valence-electron chi connectivity index (χ4n) is 6.64. The van der Waals surface area contributed by atoms with Crippen molar-refractivity contribution in [3.63, 3.8) is 0 Å². The van der Waals surface area contributed by atoms with Crippen molar-refractivity contribution >= 4 is 34.8 Å². The number of hydrogen-bond donors (Lipinski definition) is 2. The molecule has 3 amide bonds. The number of carbonyl (C=O) groups excluding carboxylic acids is 3. The molecule has 2 aromatic carbocycles. The number of aryl methyl sites for hydroxylation is 1. The number of aliphatic carboxylic acids is 1. The second-order valence-electron chi connectivity index (χ2n) is 12.9. The molecule has 0 radical (unpaired) electrons. The maximum absolute atomic E-state index is 12.6. The topological polar surface area (TPSA) is 126 Å². The van der Waals surface area contributed by atoms with E-state index in [0.717, 1.165) is 60.3 Å². The van der Waals surface area contributed by atoms with Gasteiger partial charge < -0.3 is 14.7 Å². The Morgan fingerprint density at radius 3 is 2.23 bits per heavy atom. The van der Waals surface area contributed by atoms with E-state index in [0.29, 0.717) is 31.3 Å². The van der Waals surface area contributed by atoms with Gasteiger partial charge in [-0.05, 0) is 78.8 Å². The molecule has 4 atom stereocenters. The van der Waals surface area contributed by atoms with Crippen LogP contribution in [0, 0.1) is 17.8 Å². The fourth-order valence-corrected chi connectivity index (χ4v) is 7.50. The Morgan fingerprint density at radius 2 is 1.65 bits per heavy atom. The Labute approximate surface area is 286 Å². The molecule has 1 saturated carbocycles. The molecule has 0 bridgehead atoms. The quantitative estimate of drug-likeness (QED) is 0.236. The van der Waals surface area contributed by atoms with Crippen LogP contribution in [0.15, 0.2) is 72.9 Å². The lowest BCUT2D eigenvalue weighted by Gasteiger charge is -2.22. The number of ether oxygens (including phenoxy) is 1. The number of nitrogens with zero attached hydrogens (tertiary/aromatic N) is 2. The number of carboxylic acids is 1. The van der Waals surface area contributed by atoms with Crippen LogP contribution in [0.5, 0.6) is 5.75 Å². The van der Waals surface area contributed by atoms with Crippen LogP contribution in [0.4, 0.5) is 4.79 Å². The van der Waals surface area contributed by atoms with E-state index in [9.17, 15) is 24.3 Å². The lowest BCUT2D eigenvalue weighted by molar-refractivity contribution is -0.145. The van der Waals surface area contributed by atoms with Crippen LogP contribution in [0.25, 0.3) is 0 Å². The highest BCUT2D eigenvalue weighted by atomic mass is 32.2. The normalized spacial score (nSPS) is 20.7. The lowest BCUT2D eigenvalue weighted by Crippen LogP contribution is -2.33. The first-order valence-electron chi connectivity index (χ1n) is 17.0. The van der Waals surface area contributed by atoms with Gasteiger partial charge in [-0.25, -0.2) is 0 Å². The molecule has 1 aromatic heterocycles. The SMILES string of the molecule is CCc1ccc(CCOc2ccc(CC3SC(=O)NC3=O)cc2)nc1.O=C(O)[C@H](CC(=O)N1C[C@H]2CCCC[C@H]2C1)Cc1ccccc1. The van der Waals surface area contributed by atoms with Gasteiger partial charge >= 0.3 is 5.97 Å². The number of rotatable bonds is 12. The molecule has 0 spiro atoms. The van der Waals surface area contributed by atoms with E-state index in [2.05, 4.69) is 23.3 Å². The number of thioether (sulfide) groups is 1. The van der Waals surface area contributed by atoms with E-state index in [1.54, 1.807) is 0 Å². The number of imide groups is 1. The van der Waals surface area contributed by atoms with E-state index in [-0.39, 0.29) is 28.7 Å². The minimum absolute atomic E-state index is 0.0164. The zero-order valence-corrected chi connectivity index (χ0v) is 28.3. The maximum atomic E-state index is 12.6. The summed E-state index contributed by atoms with van der Waals surface area (Å²) in [5.74, 6) is 0.370. The van der Waals surface area contributed by atoms with E-state index < -0.39 is 11.9 Å². The van der Waals surface area contributed by atoms with Crippen LogP contribution in [-0.2, 0) is 40.1 Å². The largest absolute Gasteiger partial charge is 0.493 e. The summed E-state index contributed by atoms with van der Waals surface area (Å²) in [5, 5.41) is 11.2. The smallest absolute Gasteiger partial charge is 0.307 e. The van der Waals surface area contributed by atoms with Gasteiger partial charge in [0.2, 0.25) is 11.8 Å². The van der Waals surface area contributed by atoms with Gasteiger partial charge in [-0.15, -0.1) is 0 Å². The van der Waals surface area contributed by atoms with Crippen LogP contribution in [0.2, 0.25) is 0 Å². The molecule has 2 saturated heterocycles. The Bertz CT molecular complexity index is 1520. The number of nitrogens with one attached hydrogen (secondary N) is 1. The van der Waals surface area contributed by atoms with Gasteiger partial charge in [0.1, 0.15) is 5.75 Å². The highest BCUT2D eigenvalue weighted by Gasteiger charge is 2.37. The van der Waals surface area contributed by atoms with E-state index in [4.69, 9.17) is 4.74 Å². The Hall–Kier alpha value is -4.18. The van der Waals surface area contributed by atoms with Crippen LogP contribution < -0.4 is 10.1 Å². The van der Waals surface area contributed by atoms with Gasteiger partial charge in [-0.1, -0.05) is 80.1 Å². The Morgan fingerprint density at radius 1 is 0.958 bits per heavy atom. The van der Waals surface area contributed by atoms with Gasteiger partial charge in [-0.3, -0.25) is 29.5 Å². The van der Waals surface area contributed by atoms with Crippen molar-refractivity contribution in [3.05, 3.63) is 95.3 Å². The molecule has 2 aliphatic heterocycles. The number of carbonyl (C=O) groups is 4. The van der Waals surface area contributed by atoms with Gasteiger partial charge in [0.05, 0.1) is 17.8 Å². The second-order valence-corrected chi connectivity index (χ2v) is 14.0. The number of aromatic nitrogens is 1. The van der Waals surface area contributed by atoms with Crippen LogP contribution in [-0.4, -0.2) is 63.0 Å². The van der Waals surface area contributed by atoms with Crippen molar-refractivity contribution in [1.29, 1.82) is 0 Å². The molecular weight excluding hydrogens is 627 g/mol. The first-order chi connectivity index (χ1) is 23.3. The molecule has 2 N–H and O–H groups in total. The molecule has 3 aliphatic rings. The Balaban J connectivity index is 0.000000188. The summed E-state index contributed by atoms with van der Waals surface area (Å²) in [7, 11) is 0. The van der Waals surface area contributed by atoms with Crippen LogP contribution in [0.1, 0.15) is 61.4 Å². The molecule has 1 unspecified atom stereocenters. The number of carboxylic acid groups (broad SMARTS) is 1. The van der Waals surface area contributed by atoms with Gasteiger partial charge in [0, 0.05) is 37.8 Å². The van der Waals surface area contributed by atoms with E-state index >= 15 is 0 Å². The number of pyridine rings is 1. The number of benzene rings is 2. The molecule has 9 nitrogen and oxygen atoms in total. The molecule has 48 heavy (non-hydrogen) atoms. The molecule has 3 heterocycles. The van der Waals surface area contributed by atoms with Crippen LogP contribution >= 0.6 is 11.8 Å². The van der Waals surface area contributed by atoms with Crippen molar-refractivity contribution < 1.29 is 29.0 Å². The fraction of sp³-hybridized carbons (Fsp3) is 0.447. The second kappa shape index (κ2) is 17.3. The molecular formula is C38H45N3O6S. The molecule has 254 valence electrons. The monoisotopic (exact) mass is 671 g/mol. The molecule has 3 aromatic rings. The minimum Gasteiger partial charge on any atom is -0.493 e. The highest BCUT2D eigenvalue weighted by Crippen LogP contribution is 2.36. The predicted octanol–water partition coefficient (Wildman–Crippen LogP) is 6.13. The Kier molecular flexibility index (Phi) is 12.7. The third-order valence-corrected chi connectivity index (χ3v) is 10.4. The summed E-state index contributed by atoms with van der Waals surface area (Å²) >= 11 is 1.05. The summed E-state index contributed by atoms with van der Waals surface area (Å²) in [6.45, 7) is 4.34. The predicted molar refractivity (Wildman–Crippen MR) is 186 cm³/mol. The molecule has 6 rings (SSSR count). The summed E-state index contributed by atoms with van der Waals surface area (Å²) in [4.78, 5) is 53.2. The number of hydrogen-bond acceptors (Lipinski definition) is 7. The summed E-state index contributed by atoms with van der Waals surface area (Å²) in [6, 6.07) is 21.3. The van der Waals surface area contributed by atoms with Crippen molar-refractivity contribution in [2.45, 2.75) is 70.0 Å². The zero-order chi connectivity index (χ0) is 33.9. The van der Waals surface area contributed by atoms with E-state index in [1.165, 1.54) is 31.2 Å². The third-order valence-electron chi connectivity index (χ3n) is 9.46. The highest BCUT2D eigenvalue weighted by molar-refractivity contribution is 8.15. The molecule has 3 fully saturated rings. The first kappa shape index (κ1) is 35.1. The number of likely N-dealkylation sites (tertiary alicyclic amines) is 1. The molecule has 1 aliphatic carbocycles. The minimum atomic E-state index is -0.876. The summed E-state index contributed by atoms with van der Waals surface area (Å²) in [6.07, 6.45) is 9.72. The average Bonchev–Trinajstić information content (AvgIpc) is 3.68. The average molecular weight is 672 g/mol. The van der Waals surface area contributed by atoms with Crippen molar-refractivity contribution in [2.75, 3.05) is 19.7 Å². The van der Waals surface area contributed by atoms with Gasteiger partial charge in [-0.2, -0.15) is 0 Å². The van der Waals surface area contributed by atoms with Crippen LogP contribution in [0.3, 0.4) is 0 Å². The summed E-state index contributed by atoms with van der Waals surface area (Å²) < 4.78 is 5.75. The van der Waals surface area contributed by atoms with Crippen molar-refractivity contribution in [1.82, 2.24) is 15.2 Å². The van der Waals surface area contributed by atoms with E-state index in [1.807, 2.05) is 71.8 Å². The van der Waals surface area contributed by atoms with Crippen molar-refractivity contribution in [3.8, 4) is 5.75 Å². The number of fused-ring (bicyclic) bond motifs is 1. The first-order valence-corrected chi connectivity index (χ1v) is 17.9. The maximum Gasteiger partial charge on any atom is 0.307 e. The number of amides is 3.